The van der Waals surface area contributed by atoms with Gasteiger partial charge in [-0.2, -0.15) is 4.74 Å². The van der Waals surface area contributed by atoms with Crippen LogP contribution in [-0.4, -0.2) is 70.5 Å². The predicted octanol–water partition coefficient (Wildman–Crippen LogP) is 8.74. The van der Waals surface area contributed by atoms with Crippen LogP contribution in [0.3, 0.4) is 0 Å². The molecule has 0 saturated carbocycles. The van der Waals surface area contributed by atoms with Crippen LogP contribution >= 0.6 is 0 Å². The highest BCUT2D eigenvalue weighted by Gasteiger charge is 2.52. The van der Waals surface area contributed by atoms with Gasteiger partial charge in [-0.25, -0.2) is 0 Å². The first-order valence-electron chi connectivity index (χ1n) is 24.0. The number of esters is 1. The second kappa shape index (κ2) is 23.9. The fourth-order valence-corrected chi connectivity index (χ4v) is 18.5. The van der Waals surface area contributed by atoms with Gasteiger partial charge in [-0.3, -0.25) is 14.4 Å². The lowest BCUT2D eigenvalue weighted by atomic mass is 9.95. The Morgan fingerprint density at radius 3 is 1.43 bits per heavy atom. The smallest absolute Gasteiger partial charge is 0.309 e. The molecule has 360 valence electrons. The van der Waals surface area contributed by atoms with Crippen molar-refractivity contribution < 1.29 is 32.7 Å². The number of benzene rings is 6. The van der Waals surface area contributed by atoms with Crippen LogP contribution < -0.4 is 26.1 Å². The number of hydrogen-bond acceptors (Lipinski definition) is 7. The minimum Gasteiger partial charge on any atom is -0.623 e. The monoisotopic (exact) mass is 960 g/mol. The second-order valence-corrected chi connectivity index (χ2v) is 28.2. The Kier molecular flexibility index (Phi) is 18.0. The summed E-state index contributed by atoms with van der Waals surface area (Å²) < 4.78 is 21.2. The highest BCUT2D eigenvalue weighted by molar-refractivity contribution is 7.00. The molecule has 6 aromatic rings. The third kappa shape index (κ3) is 12.7. The molecule has 0 unspecified atom stereocenters. The van der Waals surface area contributed by atoms with E-state index >= 15 is 4.79 Å². The Morgan fingerprint density at radius 2 is 1.01 bits per heavy atom. The maximum Gasteiger partial charge on any atom is 0.309 e. The number of carbonyl (C=O) groups excluding carboxylic acids is 3. The SMILES string of the molecule is CC[C@@H](C(=O)N[C@@H](CO[Si](c1ccccc1)(c1ccccc1)C(C)(C)C)C(=O)C[C@@H](CCO[Si](c1ccccc1)(c1ccccc1)C(C)(C)C)C(=O)OCc1ccccc1)/[N+]([O-])=C/c1ccccc1. The van der Waals surface area contributed by atoms with Gasteiger partial charge < -0.3 is 24.1 Å². The molecular weight excluding hydrogens is 893 g/mol. The van der Waals surface area contributed by atoms with Gasteiger partial charge in [0.2, 0.25) is 6.04 Å². The highest BCUT2D eigenvalue weighted by atomic mass is 28.4. The lowest BCUT2D eigenvalue weighted by Crippen LogP contribution is -2.67. The van der Waals surface area contributed by atoms with Crippen molar-refractivity contribution in [2.75, 3.05) is 13.2 Å². The molecule has 9 nitrogen and oxygen atoms in total. The largest absolute Gasteiger partial charge is 0.623 e. The summed E-state index contributed by atoms with van der Waals surface area (Å²) in [5.41, 5.74) is 1.45. The fourth-order valence-electron chi connectivity index (χ4n) is 9.36. The number of amides is 1. The molecule has 6 rings (SSSR count). The summed E-state index contributed by atoms with van der Waals surface area (Å²) in [5.74, 6) is -2.54. The van der Waals surface area contributed by atoms with Crippen molar-refractivity contribution in [1.29, 1.82) is 0 Å². The van der Waals surface area contributed by atoms with Crippen LogP contribution in [-0.2, 0) is 34.6 Å². The zero-order chi connectivity index (χ0) is 49.5. The minimum atomic E-state index is -3.24. The van der Waals surface area contributed by atoms with Crippen molar-refractivity contribution in [3.05, 3.63) is 198 Å². The Bertz CT molecular complexity index is 2490. The van der Waals surface area contributed by atoms with Crippen LogP contribution in [0.2, 0.25) is 10.1 Å². The van der Waals surface area contributed by atoms with Gasteiger partial charge in [0, 0.05) is 25.0 Å². The van der Waals surface area contributed by atoms with E-state index in [0.717, 1.165) is 26.3 Å². The van der Waals surface area contributed by atoms with E-state index in [1.807, 2.05) is 121 Å². The molecule has 0 spiro atoms. The van der Waals surface area contributed by atoms with Crippen molar-refractivity contribution in [3.63, 3.8) is 0 Å². The summed E-state index contributed by atoms with van der Waals surface area (Å²) in [6.07, 6.45) is 1.44. The molecule has 0 aromatic heterocycles. The van der Waals surface area contributed by atoms with E-state index in [0.29, 0.717) is 10.3 Å². The maximum absolute atomic E-state index is 15.2. The van der Waals surface area contributed by atoms with E-state index in [2.05, 4.69) is 95.4 Å². The Balaban J connectivity index is 1.38. The fraction of sp³-hybridized carbons (Fsp3) is 0.310. The van der Waals surface area contributed by atoms with Crippen molar-refractivity contribution in [2.45, 2.75) is 96.5 Å². The predicted molar refractivity (Wildman–Crippen MR) is 282 cm³/mol. The number of Topliss-reactive ketones (excluding diaryl/α,β-unsaturated/α-hetero) is 1. The molecule has 0 aliphatic carbocycles. The molecule has 1 amide bonds. The van der Waals surface area contributed by atoms with E-state index in [4.69, 9.17) is 13.6 Å². The van der Waals surface area contributed by atoms with Gasteiger partial charge in [0.05, 0.1) is 12.5 Å². The first-order chi connectivity index (χ1) is 33.1. The summed E-state index contributed by atoms with van der Waals surface area (Å²) in [5, 5.41) is 20.1. The quantitative estimate of drug-likeness (QED) is 0.0181. The molecular formula is C58H68N2O7Si2. The van der Waals surface area contributed by atoms with Crippen molar-refractivity contribution in [3.8, 4) is 0 Å². The molecule has 0 saturated heterocycles. The van der Waals surface area contributed by atoms with Crippen LogP contribution in [0.4, 0.5) is 0 Å². The topological polar surface area (TPSA) is 117 Å². The molecule has 69 heavy (non-hydrogen) atoms. The van der Waals surface area contributed by atoms with E-state index in [1.54, 1.807) is 19.1 Å². The first kappa shape index (κ1) is 52.1. The van der Waals surface area contributed by atoms with Crippen molar-refractivity contribution in [1.82, 2.24) is 5.32 Å². The molecule has 3 atom stereocenters. The van der Waals surface area contributed by atoms with Gasteiger partial charge in [0.15, 0.2) is 12.0 Å². The maximum atomic E-state index is 15.2. The average Bonchev–Trinajstić information content (AvgIpc) is 3.35. The summed E-state index contributed by atoms with van der Waals surface area (Å²) in [6, 6.07) is 56.7. The molecule has 0 heterocycles. The van der Waals surface area contributed by atoms with Crippen LogP contribution in [0.1, 0.15) is 78.9 Å². The van der Waals surface area contributed by atoms with E-state index in [9.17, 15) is 14.8 Å². The molecule has 6 aromatic carbocycles. The normalized spacial score (nSPS) is 13.8. The second-order valence-electron chi connectivity index (χ2n) is 19.6. The van der Waals surface area contributed by atoms with Gasteiger partial charge in [-0.05, 0) is 54.9 Å². The number of nitrogens with one attached hydrogen (secondary N) is 1. The zero-order valence-corrected chi connectivity index (χ0v) is 43.2. The molecule has 0 aliphatic rings. The molecule has 0 bridgehead atoms. The van der Waals surface area contributed by atoms with Gasteiger partial charge in [0.25, 0.3) is 22.5 Å². The number of hydrogen-bond donors (Lipinski definition) is 1. The molecule has 1 N–H and O–H groups in total. The van der Waals surface area contributed by atoms with Gasteiger partial charge in [-0.1, -0.05) is 218 Å². The minimum absolute atomic E-state index is 0.0203. The summed E-state index contributed by atoms with van der Waals surface area (Å²) in [7, 11) is -6.27. The number of nitrogens with zero attached hydrogens (tertiary/aromatic N) is 1. The number of ketones is 1. The van der Waals surface area contributed by atoms with Crippen LogP contribution in [0.15, 0.2) is 182 Å². The lowest BCUT2D eigenvalue weighted by Gasteiger charge is -2.43. The van der Waals surface area contributed by atoms with E-state index in [1.165, 1.54) is 6.21 Å². The average molecular weight is 961 g/mol. The van der Waals surface area contributed by atoms with Crippen LogP contribution in [0.25, 0.3) is 0 Å². The third-order valence-electron chi connectivity index (χ3n) is 12.9. The molecule has 0 aliphatic heterocycles. The molecule has 0 radical (unpaired) electrons. The standard InChI is InChI=1S/C58H68N2O7Si2/c1-8-53(60(64)42-45-27-15-9-16-28-45)55(62)59-52(44-67-69(58(5,6)7,50-35-23-13-24-36-50)51-37-25-14-26-38-51)54(61)41-47(56(63)65-43-46-29-17-10-18-30-46)39-40-66-68(57(2,3)4,48-31-19-11-20-32-48)49-33-21-12-22-34-49/h9-38,42,47,52-53H,8,39-41,43-44H2,1-7H3,(H,59,62)/b60-42-/t47-,52+,53+/m1/s1. The Labute approximate surface area is 411 Å². The Morgan fingerprint density at radius 1 is 0.609 bits per heavy atom. The number of rotatable bonds is 22. The first-order valence-corrected chi connectivity index (χ1v) is 27.8. The third-order valence-corrected chi connectivity index (χ3v) is 22.9. The zero-order valence-electron chi connectivity index (χ0n) is 41.2. The lowest BCUT2D eigenvalue weighted by molar-refractivity contribution is -0.482. The van der Waals surface area contributed by atoms with E-state index < -0.39 is 57.3 Å². The number of hydroxylamine groups is 1. The molecule has 11 heteroatoms. The molecule has 0 fully saturated rings. The van der Waals surface area contributed by atoms with Crippen molar-refractivity contribution in [2.24, 2.45) is 5.92 Å². The Hall–Kier alpha value is -6.25. The summed E-state index contributed by atoms with van der Waals surface area (Å²) in [6.45, 7) is 14.7. The van der Waals surface area contributed by atoms with E-state index in [-0.39, 0.29) is 44.1 Å². The van der Waals surface area contributed by atoms with Gasteiger partial charge >= 0.3 is 5.97 Å². The van der Waals surface area contributed by atoms with Gasteiger partial charge in [0.1, 0.15) is 12.6 Å². The summed E-state index contributed by atoms with van der Waals surface area (Å²) >= 11 is 0. The number of ether oxygens (including phenoxy) is 1. The van der Waals surface area contributed by atoms with Gasteiger partial charge in [-0.15, -0.1) is 0 Å². The summed E-state index contributed by atoms with van der Waals surface area (Å²) in [4.78, 5) is 44.1. The highest BCUT2D eigenvalue weighted by Crippen LogP contribution is 2.38. The van der Waals surface area contributed by atoms with Crippen molar-refractivity contribution >= 4 is 61.3 Å². The number of carbonyl (C=O) groups is 3. The van der Waals surface area contributed by atoms with Crippen LogP contribution in [0, 0.1) is 11.1 Å². The van der Waals surface area contributed by atoms with Crippen LogP contribution in [0.5, 0.6) is 0 Å².